The van der Waals surface area contributed by atoms with Crippen LogP contribution in [0.3, 0.4) is 0 Å². The minimum atomic E-state index is -0.269. The third kappa shape index (κ3) is 0.690. The van der Waals surface area contributed by atoms with Crippen molar-refractivity contribution in [1.29, 1.82) is 0 Å². The van der Waals surface area contributed by atoms with Crippen LogP contribution in [0, 0.1) is 0 Å². The van der Waals surface area contributed by atoms with Crippen LogP contribution in [0.15, 0.2) is 10.2 Å². The largest absolute Gasteiger partial charge is 0.384 e. The first kappa shape index (κ1) is 5.56. The fraction of sp³-hybridized carbons (Fsp3) is 0.500. The van der Waals surface area contributed by atoms with E-state index in [1.807, 2.05) is 0 Å². The maximum Gasteiger partial charge on any atom is 0.146 e. The van der Waals surface area contributed by atoms with Gasteiger partial charge in [0.2, 0.25) is 0 Å². The van der Waals surface area contributed by atoms with Gasteiger partial charge in [-0.25, -0.2) is 0 Å². The maximum atomic E-state index is 5.63. The van der Waals surface area contributed by atoms with Crippen LogP contribution in [0.1, 0.15) is 6.92 Å². The highest BCUT2D eigenvalue weighted by Gasteiger charge is 2.17. The second-order valence-electron chi connectivity index (χ2n) is 1.63. The number of halogens is 1. The molecule has 0 aromatic heterocycles. The van der Waals surface area contributed by atoms with Crippen LogP contribution >= 0.6 is 11.6 Å². The quantitative estimate of drug-likeness (QED) is 0.474. The second kappa shape index (κ2) is 1.74. The van der Waals surface area contributed by atoms with Crippen molar-refractivity contribution in [3.63, 3.8) is 0 Å². The second-order valence-corrected chi connectivity index (χ2v) is 2.07. The molecule has 1 aliphatic heterocycles. The molecule has 0 saturated carbocycles. The zero-order valence-corrected chi connectivity index (χ0v) is 5.18. The molecule has 1 heterocycles. The number of amidine groups is 1. The monoisotopic (exact) mass is 131 g/mol. The molecule has 44 valence electrons. The van der Waals surface area contributed by atoms with E-state index in [4.69, 9.17) is 17.3 Å². The van der Waals surface area contributed by atoms with E-state index in [1.165, 1.54) is 0 Å². The predicted octanol–water partition coefficient (Wildman–Crippen LogP) is 0.341. The maximum absolute atomic E-state index is 5.63. The minimum Gasteiger partial charge on any atom is -0.384 e. The summed E-state index contributed by atoms with van der Waals surface area (Å²) < 4.78 is 0. The van der Waals surface area contributed by atoms with Gasteiger partial charge in [0, 0.05) is 0 Å². The number of hydrogen-bond acceptors (Lipinski definition) is 3. The number of nitrogens with zero attached hydrogens (tertiary/aromatic N) is 2. The third-order valence-corrected chi connectivity index (χ3v) is 1.49. The first-order chi connectivity index (χ1) is 3.72. The number of nitrogens with two attached hydrogens (primary N) is 1. The molecule has 0 bridgehead atoms. The summed E-state index contributed by atoms with van der Waals surface area (Å²) in [5.74, 6) is 0.393. The van der Waals surface area contributed by atoms with Gasteiger partial charge in [-0.3, -0.25) is 0 Å². The molecular weight excluding hydrogens is 126 g/mol. The van der Waals surface area contributed by atoms with Crippen molar-refractivity contribution in [2.75, 3.05) is 0 Å². The smallest absolute Gasteiger partial charge is 0.146 e. The number of rotatable bonds is 0. The molecule has 0 aromatic carbocycles. The Kier molecular flexibility index (Phi) is 1.21. The van der Waals surface area contributed by atoms with Gasteiger partial charge in [0.05, 0.1) is 5.71 Å². The van der Waals surface area contributed by atoms with Gasteiger partial charge in [0.1, 0.15) is 11.2 Å². The van der Waals surface area contributed by atoms with E-state index in [9.17, 15) is 0 Å². The van der Waals surface area contributed by atoms with E-state index < -0.39 is 0 Å². The summed E-state index contributed by atoms with van der Waals surface area (Å²) in [6.07, 6.45) is 0. The Morgan fingerprint density at radius 1 is 1.62 bits per heavy atom. The van der Waals surface area contributed by atoms with E-state index in [2.05, 4.69) is 10.2 Å². The fourth-order valence-electron chi connectivity index (χ4n) is 0.452. The van der Waals surface area contributed by atoms with Gasteiger partial charge in [0.25, 0.3) is 0 Å². The van der Waals surface area contributed by atoms with Gasteiger partial charge in [-0.05, 0) is 6.92 Å². The molecular formula is C4H6ClN3. The van der Waals surface area contributed by atoms with E-state index in [-0.39, 0.29) is 5.38 Å². The number of alkyl halides is 1. The third-order valence-electron chi connectivity index (χ3n) is 0.950. The van der Waals surface area contributed by atoms with Gasteiger partial charge < -0.3 is 5.73 Å². The summed E-state index contributed by atoms with van der Waals surface area (Å²) in [6.45, 7) is 1.79. The van der Waals surface area contributed by atoms with Crippen molar-refractivity contribution in [3.05, 3.63) is 0 Å². The molecule has 0 fully saturated rings. The highest BCUT2D eigenvalue weighted by atomic mass is 35.5. The summed E-state index contributed by atoms with van der Waals surface area (Å²) in [5, 5.41) is 6.93. The molecule has 0 amide bonds. The zero-order chi connectivity index (χ0) is 6.15. The topological polar surface area (TPSA) is 50.7 Å². The summed E-state index contributed by atoms with van der Waals surface area (Å²) in [4.78, 5) is 0. The molecule has 0 saturated heterocycles. The van der Waals surface area contributed by atoms with Crippen LogP contribution in [0.5, 0.6) is 0 Å². The van der Waals surface area contributed by atoms with Crippen molar-refractivity contribution in [2.24, 2.45) is 15.9 Å². The van der Waals surface area contributed by atoms with Gasteiger partial charge in [0.15, 0.2) is 0 Å². The van der Waals surface area contributed by atoms with Crippen molar-refractivity contribution in [1.82, 2.24) is 0 Å². The Bertz CT molecular complexity index is 143. The van der Waals surface area contributed by atoms with Gasteiger partial charge >= 0.3 is 0 Å². The molecule has 0 aromatic rings. The standard InChI is InChI=1S/C4H6ClN3/c1-2-3(5)4(6)8-7-2/h3H,1H3,(H2,6,8)/t3-/m0/s1. The molecule has 8 heavy (non-hydrogen) atoms. The Morgan fingerprint density at radius 3 is 2.38 bits per heavy atom. The molecule has 2 N–H and O–H groups in total. The van der Waals surface area contributed by atoms with Crippen LogP contribution in [-0.2, 0) is 0 Å². The van der Waals surface area contributed by atoms with Gasteiger partial charge in [-0.2, -0.15) is 5.10 Å². The molecule has 0 spiro atoms. The van der Waals surface area contributed by atoms with Crippen molar-refractivity contribution in [2.45, 2.75) is 12.3 Å². The SMILES string of the molecule is CC1=NN=C(N)[C@H]1Cl. The normalized spacial score (nSPS) is 27.5. The van der Waals surface area contributed by atoms with Crippen molar-refractivity contribution >= 4 is 23.1 Å². The highest BCUT2D eigenvalue weighted by Crippen LogP contribution is 2.05. The lowest BCUT2D eigenvalue weighted by Gasteiger charge is -1.95. The molecule has 0 aliphatic carbocycles. The minimum absolute atomic E-state index is 0.269. The summed E-state index contributed by atoms with van der Waals surface area (Å²) >= 11 is 5.63. The molecule has 0 radical (unpaired) electrons. The van der Waals surface area contributed by atoms with E-state index in [0.29, 0.717) is 5.84 Å². The highest BCUT2D eigenvalue weighted by molar-refractivity contribution is 6.44. The van der Waals surface area contributed by atoms with Crippen LogP contribution in [0.25, 0.3) is 0 Å². The van der Waals surface area contributed by atoms with Crippen molar-refractivity contribution < 1.29 is 0 Å². The summed E-state index contributed by atoms with van der Waals surface area (Å²) in [7, 11) is 0. The molecule has 4 heteroatoms. The molecule has 1 aliphatic rings. The Balaban J connectivity index is 2.75. The molecule has 1 atom stereocenters. The summed E-state index contributed by atoms with van der Waals surface area (Å²) in [5.41, 5.74) is 6.04. The lowest BCUT2D eigenvalue weighted by molar-refractivity contribution is 1.25. The van der Waals surface area contributed by atoms with Crippen LogP contribution in [0.2, 0.25) is 0 Å². The fourth-order valence-corrected chi connectivity index (χ4v) is 0.539. The Hall–Kier alpha value is -0.570. The lowest BCUT2D eigenvalue weighted by Crippen LogP contribution is -2.25. The van der Waals surface area contributed by atoms with Crippen LogP contribution in [-0.4, -0.2) is 16.9 Å². The first-order valence-corrected chi connectivity index (χ1v) is 2.67. The number of hydrogen-bond donors (Lipinski definition) is 1. The summed E-state index contributed by atoms with van der Waals surface area (Å²) in [6, 6.07) is 0. The Morgan fingerprint density at radius 2 is 2.25 bits per heavy atom. The van der Waals surface area contributed by atoms with E-state index in [0.717, 1.165) is 5.71 Å². The van der Waals surface area contributed by atoms with Crippen LogP contribution in [0.4, 0.5) is 0 Å². The molecule has 1 rings (SSSR count). The van der Waals surface area contributed by atoms with E-state index >= 15 is 0 Å². The average Bonchev–Trinajstić information content (AvgIpc) is 1.98. The Labute approximate surface area is 52.2 Å². The lowest BCUT2D eigenvalue weighted by atomic mass is 10.3. The van der Waals surface area contributed by atoms with Gasteiger partial charge in [-0.1, -0.05) is 0 Å². The van der Waals surface area contributed by atoms with Crippen LogP contribution < -0.4 is 5.73 Å². The average molecular weight is 132 g/mol. The predicted molar refractivity (Wildman–Crippen MR) is 34.4 cm³/mol. The molecule has 0 unspecified atom stereocenters. The van der Waals surface area contributed by atoms with E-state index in [1.54, 1.807) is 6.92 Å². The van der Waals surface area contributed by atoms with Crippen molar-refractivity contribution in [3.8, 4) is 0 Å². The van der Waals surface area contributed by atoms with Gasteiger partial charge in [-0.15, -0.1) is 16.7 Å². The molecule has 3 nitrogen and oxygen atoms in total. The zero-order valence-electron chi connectivity index (χ0n) is 4.43. The first-order valence-electron chi connectivity index (χ1n) is 2.23.